The van der Waals surface area contributed by atoms with E-state index < -0.39 is 5.97 Å². The lowest BCUT2D eigenvalue weighted by molar-refractivity contribution is -0.147. The van der Waals surface area contributed by atoms with Gasteiger partial charge in [0.05, 0.1) is 12.0 Å². The van der Waals surface area contributed by atoms with Crippen LogP contribution in [0.5, 0.6) is 5.75 Å². The van der Waals surface area contributed by atoms with Gasteiger partial charge in [-0.15, -0.1) is 0 Å². The van der Waals surface area contributed by atoms with E-state index in [0.717, 1.165) is 37.0 Å². The number of likely N-dealkylation sites (tertiary alicyclic amines) is 1. The molecule has 156 valence electrons. The van der Waals surface area contributed by atoms with Crippen LogP contribution in [-0.2, 0) is 11.3 Å². The maximum Gasteiger partial charge on any atom is 0.309 e. The predicted octanol–water partition coefficient (Wildman–Crippen LogP) is 5.26. The Hall–Kier alpha value is -2.07. The van der Waals surface area contributed by atoms with Crippen LogP contribution in [0.25, 0.3) is 10.8 Å². The van der Waals surface area contributed by atoms with Crippen molar-refractivity contribution in [1.29, 1.82) is 0 Å². The first-order chi connectivity index (χ1) is 13.9. The monoisotopic (exact) mass is 395 g/mol. The van der Waals surface area contributed by atoms with Gasteiger partial charge in [0.2, 0.25) is 0 Å². The number of aryl methyl sites for hydroxylation is 1. The van der Waals surface area contributed by atoms with Crippen molar-refractivity contribution in [2.45, 2.75) is 59.1 Å². The lowest BCUT2D eigenvalue weighted by Crippen LogP contribution is -2.49. The van der Waals surface area contributed by atoms with Gasteiger partial charge in [-0.05, 0) is 66.8 Å². The molecule has 1 aliphatic carbocycles. The molecule has 1 heterocycles. The highest BCUT2D eigenvalue weighted by Gasteiger charge is 2.33. The summed E-state index contributed by atoms with van der Waals surface area (Å²) in [5.41, 5.74) is 2.45. The predicted molar refractivity (Wildman–Crippen MR) is 116 cm³/mol. The van der Waals surface area contributed by atoms with E-state index in [1.54, 1.807) is 0 Å². The van der Waals surface area contributed by atoms with Crippen molar-refractivity contribution in [2.24, 2.45) is 17.8 Å². The zero-order valence-electron chi connectivity index (χ0n) is 17.9. The minimum Gasteiger partial charge on any atom is -0.490 e. The van der Waals surface area contributed by atoms with Crippen molar-refractivity contribution < 1.29 is 14.6 Å². The number of nitrogens with zero attached hydrogens (tertiary/aromatic N) is 1. The number of hydrogen-bond acceptors (Lipinski definition) is 3. The maximum absolute atomic E-state index is 11.2. The van der Waals surface area contributed by atoms with Crippen LogP contribution in [0, 0.1) is 24.7 Å². The molecule has 0 atom stereocenters. The molecule has 1 aliphatic heterocycles. The Balaban J connectivity index is 1.57. The highest BCUT2D eigenvalue weighted by atomic mass is 16.5. The van der Waals surface area contributed by atoms with Crippen molar-refractivity contribution in [3.63, 3.8) is 0 Å². The van der Waals surface area contributed by atoms with E-state index in [1.165, 1.54) is 34.7 Å². The first-order valence-corrected chi connectivity index (χ1v) is 11.1. The molecule has 1 N–H and O–H groups in total. The second-order valence-corrected chi connectivity index (χ2v) is 9.34. The molecule has 0 radical (unpaired) electrons. The third-order valence-corrected chi connectivity index (χ3v) is 6.97. The summed E-state index contributed by atoms with van der Waals surface area (Å²) in [4.78, 5) is 13.4. The Labute approximate surface area is 173 Å². The van der Waals surface area contributed by atoms with Crippen LogP contribution in [0.2, 0.25) is 0 Å². The third-order valence-electron chi connectivity index (χ3n) is 6.97. The number of hydrogen-bond donors (Lipinski definition) is 1. The Kier molecular flexibility index (Phi) is 5.82. The summed E-state index contributed by atoms with van der Waals surface area (Å²) in [6.45, 7) is 8.80. The van der Waals surface area contributed by atoms with Gasteiger partial charge in [0.25, 0.3) is 0 Å². The molecule has 0 bridgehead atoms. The second-order valence-electron chi connectivity index (χ2n) is 9.34. The SMILES string of the molecule is Cc1cc(OC2CCC(C(C)C)CC2)c(CN2CC(C(=O)O)C2)c2ccccc12. The molecule has 0 spiro atoms. The average Bonchev–Trinajstić information content (AvgIpc) is 2.66. The molecule has 4 rings (SSSR count). The van der Waals surface area contributed by atoms with Gasteiger partial charge in [0, 0.05) is 25.2 Å². The average molecular weight is 396 g/mol. The Morgan fingerprint density at radius 3 is 2.41 bits per heavy atom. The first-order valence-electron chi connectivity index (χ1n) is 11.1. The lowest BCUT2D eigenvalue weighted by atomic mass is 9.80. The van der Waals surface area contributed by atoms with Crippen LogP contribution in [0.15, 0.2) is 30.3 Å². The molecule has 0 aromatic heterocycles. The summed E-state index contributed by atoms with van der Waals surface area (Å²) in [7, 11) is 0. The second kappa shape index (κ2) is 8.35. The van der Waals surface area contributed by atoms with Gasteiger partial charge in [0.1, 0.15) is 5.75 Å². The zero-order valence-corrected chi connectivity index (χ0v) is 17.9. The van der Waals surface area contributed by atoms with Crippen LogP contribution >= 0.6 is 0 Å². The Morgan fingerprint density at radius 1 is 1.14 bits per heavy atom. The molecule has 0 unspecified atom stereocenters. The molecule has 29 heavy (non-hydrogen) atoms. The van der Waals surface area contributed by atoms with Gasteiger partial charge in [0.15, 0.2) is 0 Å². The van der Waals surface area contributed by atoms with Crippen LogP contribution < -0.4 is 4.74 Å². The van der Waals surface area contributed by atoms with Crippen molar-refractivity contribution in [3.8, 4) is 5.75 Å². The lowest BCUT2D eigenvalue weighted by Gasteiger charge is -2.37. The Bertz CT molecular complexity index is 877. The van der Waals surface area contributed by atoms with Gasteiger partial charge in [-0.2, -0.15) is 0 Å². The topological polar surface area (TPSA) is 49.8 Å². The fourth-order valence-electron chi connectivity index (χ4n) is 4.98. The number of aliphatic carboxylic acids is 1. The third kappa shape index (κ3) is 4.28. The van der Waals surface area contributed by atoms with Crippen molar-refractivity contribution in [2.75, 3.05) is 13.1 Å². The highest BCUT2D eigenvalue weighted by Crippen LogP contribution is 2.37. The fraction of sp³-hybridized carbons (Fsp3) is 0.560. The summed E-state index contributed by atoms with van der Waals surface area (Å²) >= 11 is 0. The molecular formula is C25H33NO3. The molecule has 0 amide bonds. The number of ether oxygens (including phenoxy) is 1. The van der Waals surface area contributed by atoms with Crippen molar-refractivity contribution >= 4 is 16.7 Å². The number of benzene rings is 2. The molecule has 1 saturated heterocycles. The van der Waals surface area contributed by atoms with Crippen molar-refractivity contribution in [1.82, 2.24) is 4.90 Å². The quantitative estimate of drug-likeness (QED) is 0.725. The van der Waals surface area contributed by atoms with Gasteiger partial charge >= 0.3 is 5.97 Å². The van der Waals surface area contributed by atoms with Crippen LogP contribution in [0.4, 0.5) is 0 Å². The summed E-state index contributed by atoms with van der Waals surface area (Å²) in [6.07, 6.45) is 5.03. The van der Waals surface area contributed by atoms with Gasteiger partial charge in [-0.3, -0.25) is 9.69 Å². The van der Waals surface area contributed by atoms with E-state index in [4.69, 9.17) is 4.74 Å². The number of carbonyl (C=O) groups is 1. The van der Waals surface area contributed by atoms with Crippen LogP contribution in [0.3, 0.4) is 0 Å². The number of fused-ring (bicyclic) bond motifs is 1. The van der Waals surface area contributed by atoms with E-state index in [0.29, 0.717) is 13.1 Å². The summed E-state index contributed by atoms with van der Waals surface area (Å²) in [5.74, 6) is 1.65. The first kappa shape index (κ1) is 20.2. The number of carboxylic acid groups (broad SMARTS) is 1. The van der Waals surface area contributed by atoms with Crippen LogP contribution in [0.1, 0.15) is 50.7 Å². The smallest absolute Gasteiger partial charge is 0.309 e. The normalized spacial score (nSPS) is 23.3. The molecule has 1 saturated carbocycles. The maximum atomic E-state index is 11.2. The van der Waals surface area contributed by atoms with Crippen LogP contribution in [-0.4, -0.2) is 35.2 Å². The van der Waals surface area contributed by atoms with E-state index in [1.807, 2.05) is 0 Å². The number of carboxylic acids is 1. The molecular weight excluding hydrogens is 362 g/mol. The van der Waals surface area contributed by atoms with Gasteiger partial charge < -0.3 is 9.84 Å². The van der Waals surface area contributed by atoms with E-state index in [2.05, 4.69) is 56.0 Å². The summed E-state index contributed by atoms with van der Waals surface area (Å²) in [5, 5.41) is 11.7. The molecule has 2 aromatic carbocycles. The summed E-state index contributed by atoms with van der Waals surface area (Å²) in [6, 6.07) is 10.7. The molecule has 2 aromatic rings. The fourth-order valence-corrected chi connectivity index (χ4v) is 4.98. The molecule has 2 aliphatic rings. The minimum absolute atomic E-state index is 0.234. The standard InChI is InChI=1S/C25H33NO3/c1-16(2)18-8-10-20(11-9-18)29-24-12-17(3)21-6-4-5-7-22(21)23(24)15-26-13-19(14-26)25(27)28/h4-7,12,16,18-20H,8-11,13-15H2,1-3H3,(H,27,28). The molecule has 2 fully saturated rings. The zero-order chi connectivity index (χ0) is 20.5. The highest BCUT2D eigenvalue weighted by molar-refractivity contribution is 5.90. The molecule has 4 heteroatoms. The summed E-state index contributed by atoms with van der Waals surface area (Å²) < 4.78 is 6.60. The van der Waals surface area contributed by atoms with E-state index >= 15 is 0 Å². The van der Waals surface area contributed by atoms with Gasteiger partial charge in [-0.1, -0.05) is 38.1 Å². The largest absolute Gasteiger partial charge is 0.490 e. The van der Waals surface area contributed by atoms with E-state index in [-0.39, 0.29) is 12.0 Å². The number of rotatable bonds is 6. The minimum atomic E-state index is -0.687. The van der Waals surface area contributed by atoms with E-state index in [9.17, 15) is 9.90 Å². The van der Waals surface area contributed by atoms with Crippen molar-refractivity contribution in [3.05, 3.63) is 41.5 Å². The molecule has 4 nitrogen and oxygen atoms in total. The van der Waals surface area contributed by atoms with Gasteiger partial charge in [-0.25, -0.2) is 0 Å². The Morgan fingerprint density at radius 2 is 1.79 bits per heavy atom.